The lowest BCUT2D eigenvalue weighted by atomic mass is 10.1. The van der Waals surface area contributed by atoms with E-state index in [4.69, 9.17) is 0 Å². The van der Waals surface area contributed by atoms with Crippen LogP contribution in [0.1, 0.15) is 23.9 Å². The van der Waals surface area contributed by atoms with E-state index in [1.54, 1.807) is 23.7 Å². The van der Waals surface area contributed by atoms with Crippen molar-refractivity contribution in [2.24, 2.45) is 0 Å². The van der Waals surface area contributed by atoms with Crippen LogP contribution in [0.25, 0.3) is 0 Å². The Kier molecular flexibility index (Phi) is 5.27. The maximum Gasteiger partial charge on any atom is 0.317 e. The number of aromatic nitrogens is 2. The second-order valence-electron chi connectivity index (χ2n) is 5.13. The number of amides is 2. The van der Waals surface area contributed by atoms with E-state index in [2.05, 4.69) is 21.4 Å². The Morgan fingerprint density at radius 3 is 2.90 bits per heavy atom. The van der Waals surface area contributed by atoms with Crippen molar-refractivity contribution in [1.82, 2.24) is 20.2 Å². The van der Waals surface area contributed by atoms with Gasteiger partial charge in [-0.15, -0.1) is 11.3 Å². The topological polar surface area (TPSA) is 58.1 Å². The van der Waals surface area contributed by atoms with E-state index < -0.39 is 0 Å². The third kappa shape index (κ3) is 4.53. The molecule has 0 bridgehead atoms. The summed E-state index contributed by atoms with van der Waals surface area (Å²) in [5.74, 6) is 0. The first-order valence-corrected chi connectivity index (χ1v) is 7.80. The van der Waals surface area contributed by atoms with Crippen LogP contribution in [0.2, 0.25) is 0 Å². The fourth-order valence-corrected chi connectivity index (χ4v) is 2.52. The van der Waals surface area contributed by atoms with Gasteiger partial charge in [0.25, 0.3) is 0 Å². The highest BCUT2D eigenvalue weighted by molar-refractivity contribution is 7.07. The van der Waals surface area contributed by atoms with Gasteiger partial charge in [0.2, 0.25) is 0 Å². The third-order valence-electron chi connectivity index (χ3n) is 3.36. The molecule has 0 unspecified atom stereocenters. The number of carbonyl (C=O) groups is 1. The number of nitrogens with one attached hydrogen (secondary N) is 1. The highest BCUT2D eigenvalue weighted by atomic mass is 32.1. The number of likely N-dealkylation sites (N-methyl/N-ethyl adjacent to an activating group) is 1. The van der Waals surface area contributed by atoms with Crippen molar-refractivity contribution >= 4 is 17.4 Å². The number of hydrogen-bond donors (Lipinski definition) is 1. The van der Waals surface area contributed by atoms with E-state index >= 15 is 0 Å². The quantitative estimate of drug-likeness (QED) is 0.924. The van der Waals surface area contributed by atoms with Crippen molar-refractivity contribution in [2.75, 3.05) is 7.05 Å². The first-order valence-electron chi connectivity index (χ1n) is 6.85. The van der Waals surface area contributed by atoms with Crippen molar-refractivity contribution in [3.8, 4) is 0 Å². The second kappa shape index (κ2) is 7.17. The Bertz CT molecular complexity index is 585. The second-order valence-corrected chi connectivity index (χ2v) is 5.85. The molecule has 0 aliphatic heterocycles. The van der Waals surface area contributed by atoms with Gasteiger partial charge in [0.05, 0.1) is 17.7 Å². The fraction of sp³-hybridized carbons (Fsp3) is 0.400. The standard InChI is InChI=1S/C15H20N4OS/c1-11-4-5-16-13(6-11)7-12(2)19(3)15(20)17-8-14-9-21-10-18-14/h4-6,9-10,12H,7-8H2,1-3H3,(H,17,20)/t12-/m0/s1. The lowest BCUT2D eigenvalue weighted by Crippen LogP contribution is -2.43. The van der Waals surface area contributed by atoms with Crippen LogP contribution in [0.3, 0.4) is 0 Å². The molecule has 1 N–H and O–H groups in total. The Balaban J connectivity index is 1.86. The van der Waals surface area contributed by atoms with E-state index in [-0.39, 0.29) is 12.1 Å². The number of thiazole rings is 1. The monoisotopic (exact) mass is 304 g/mol. The maximum atomic E-state index is 12.1. The minimum atomic E-state index is -0.0943. The van der Waals surface area contributed by atoms with Gasteiger partial charge < -0.3 is 10.2 Å². The van der Waals surface area contributed by atoms with Crippen molar-refractivity contribution in [1.29, 1.82) is 0 Å². The molecule has 5 nitrogen and oxygen atoms in total. The number of aryl methyl sites for hydroxylation is 1. The summed E-state index contributed by atoms with van der Waals surface area (Å²) in [4.78, 5) is 22.3. The van der Waals surface area contributed by atoms with Crippen LogP contribution in [0, 0.1) is 6.92 Å². The average molecular weight is 304 g/mol. The molecule has 0 aromatic carbocycles. The minimum Gasteiger partial charge on any atom is -0.332 e. The summed E-state index contributed by atoms with van der Waals surface area (Å²) >= 11 is 1.52. The molecule has 2 amide bonds. The lowest BCUT2D eigenvalue weighted by Gasteiger charge is -2.25. The van der Waals surface area contributed by atoms with Gasteiger partial charge in [-0.3, -0.25) is 4.98 Å². The molecule has 0 fully saturated rings. The predicted octanol–water partition coefficient (Wildman–Crippen LogP) is 2.62. The normalized spacial score (nSPS) is 12.0. The summed E-state index contributed by atoms with van der Waals surface area (Å²) in [6.07, 6.45) is 2.54. The largest absolute Gasteiger partial charge is 0.332 e. The molecule has 6 heteroatoms. The fourth-order valence-electron chi connectivity index (χ4n) is 1.97. The molecule has 0 aliphatic carbocycles. The summed E-state index contributed by atoms with van der Waals surface area (Å²) in [5.41, 5.74) is 4.83. The van der Waals surface area contributed by atoms with E-state index in [1.165, 1.54) is 16.9 Å². The van der Waals surface area contributed by atoms with Gasteiger partial charge in [-0.1, -0.05) is 0 Å². The van der Waals surface area contributed by atoms with Gasteiger partial charge in [-0.2, -0.15) is 0 Å². The Morgan fingerprint density at radius 2 is 2.24 bits per heavy atom. The molecule has 0 aliphatic rings. The van der Waals surface area contributed by atoms with Gasteiger partial charge in [0, 0.05) is 36.8 Å². The molecule has 2 rings (SSSR count). The maximum absolute atomic E-state index is 12.1. The number of carbonyl (C=O) groups excluding carboxylic acids is 1. The molecule has 0 saturated carbocycles. The van der Waals surface area contributed by atoms with Crippen molar-refractivity contribution < 1.29 is 4.79 Å². The molecule has 0 spiro atoms. The number of hydrogen-bond acceptors (Lipinski definition) is 4. The molecule has 2 heterocycles. The molecule has 0 radical (unpaired) electrons. The van der Waals surface area contributed by atoms with Gasteiger partial charge in [0.15, 0.2) is 0 Å². The Morgan fingerprint density at radius 1 is 1.43 bits per heavy atom. The first kappa shape index (κ1) is 15.4. The summed E-state index contributed by atoms with van der Waals surface area (Å²) in [5, 5.41) is 4.80. The van der Waals surface area contributed by atoms with Crippen LogP contribution in [0.15, 0.2) is 29.2 Å². The zero-order valence-electron chi connectivity index (χ0n) is 12.5. The zero-order chi connectivity index (χ0) is 15.2. The van der Waals surface area contributed by atoms with E-state index in [9.17, 15) is 4.79 Å². The van der Waals surface area contributed by atoms with E-state index in [0.29, 0.717) is 6.54 Å². The van der Waals surface area contributed by atoms with Crippen LogP contribution in [-0.2, 0) is 13.0 Å². The summed E-state index contributed by atoms with van der Waals surface area (Å²) in [7, 11) is 1.80. The lowest BCUT2D eigenvalue weighted by molar-refractivity contribution is 0.193. The van der Waals surface area contributed by atoms with Crippen molar-refractivity contribution in [3.05, 3.63) is 46.2 Å². The Hall–Kier alpha value is -1.95. The molecule has 112 valence electrons. The predicted molar refractivity (Wildman–Crippen MR) is 84.3 cm³/mol. The third-order valence-corrected chi connectivity index (χ3v) is 4.00. The Labute approximate surface area is 129 Å². The summed E-state index contributed by atoms with van der Waals surface area (Å²) < 4.78 is 0. The van der Waals surface area contributed by atoms with Crippen LogP contribution in [0.5, 0.6) is 0 Å². The molecule has 1 atom stereocenters. The van der Waals surface area contributed by atoms with Crippen LogP contribution >= 0.6 is 11.3 Å². The van der Waals surface area contributed by atoms with Gasteiger partial charge in [-0.05, 0) is 31.5 Å². The average Bonchev–Trinajstić information content (AvgIpc) is 2.97. The van der Waals surface area contributed by atoms with Crippen LogP contribution < -0.4 is 5.32 Å². The summed E-state index contributed by atoms with van der Waals surface area (Å²) in [6, 6.07) is 4.01. The number of nitrogens with zero attached hydrogens (tertiary/aromatic N) is 3. The smallest absolute Gasteiger partial charge is 0.317 e. The number of urea groups is 1. The zero-order valence-corrected chi connectivity index (χ0v) is 13.4. The van der Waals surface area contributed by atoms with Crippen molar-refractivity contribution in [2.45, 2.75) is 32.9 Å². The highest BCUT2D eigenvalue weighted by Crippen LogP contribution is 2.08. The van der Waals surface area contributed by atoms with Crippen LogP contribution in [-0.4, -0.2) is 34.0 Å². The van der Waals surface area contributed by atoms with E-state index in [1.807, 2.05) is 25.3 Å². The molecule has 2 aromatic rings. The van der Waals surface area contributed by atoms with Gasteiger partial charge in [-0.25, -0.2) is 9.78 Å². The number of rotatable bonds is 5. The van der Waals surface area contributed by atoms with Gasteiger partial charge >= 0.3 is 6.03 Å². The molecule has 2 aromatic heterocycles. The first-order chi connectivity index (χ1) is 10.1. The molecule has 21 heavy (non-hydrogen) atoms. The van der Waals surface area contributed by atoms with Crippen molar-refractivity contribution in [3.63, 3.8) is 0 Å². The molecular weight excluding hydrogens is 284 g/mol. The minimum absolute atomic E-state index is 0.0785. The highest BCUT2D eigenvalue weighted by Gasteiger charge is 2.16. The van der Waals surface area contributed by atoms with Crippen LogP contribution in [0.4, 0.5) is 4.79 Å². The molecular formula is C15H20N4OS. The number of pyridine rings is 1. The SMILES string of the molecule is Cc1ccnc(C[C@H](C)N(C)C(=O)NCc2cscn2)c1. The van der Waals surface area contributed by atoms with E-state index in [0.717, 1.165) is 17.8 Å². The summed E-state index contributed by atoms with van der Waals surface area (Å²) in [6.45, 7) is 4.52. The van der Waals surface area contributed by atoms with Gasteiger partial charge in [0.1, 0.15) is 0 Å². The molecule has 0 saturated heterocycles.